The molecule has 0 fully saturated rings. The van der Waals surface area contributed by atoms with Gasteiger partial charge in [-0.2, -0.15) is 0 Å². The Morgan fingerprint density at radius 2 is 1.76 bits per heavy atom. The maximum atomic E-state index is 12.9. The second kappa shape index (κ2) is 5.72. The molecule has 1 aliphatic heterocycles. The summed E-state index contributed by atoms with van der Waals surface area (Å²) in [6.45, 7) is 2.14. The summed E-state index contributed by atoms with van der Waals surface area (Å²) in [4.78, 5) is 12.9. The van der Waals surface area contributed by atoms with Gasteiger partial charge in [-0.05, 0) is 18.9 Å². The minimum atomic E-state index is -0.814. The third-order valence-corrected chi connectivity index (χ3v) is 4.18. The number of carbonyl (C=O) groups excluding carboxylic acids is 1. The Morgan fingerprint density at radius 1 is 1.05 bits per heavy atom. The molecule has 0 aliphatic carbocycles. The smallest absolute Gasteiger partial charge is 0.192 e. The first-order chi connectivity index (χ1) is 10.3. The van der Waals surface area contributed by atoms with Crippen molar-refractivity contribution in [1.29, 1.82) is 0 Å². The summed E-state index contributed by atoms with van der Waals surface area (Å²) in [6, 6.07) is 17.8. The van der Waals surface area contributed by atoms with Gasteiger partial charge in [0.05, 0.1) is 0 Å². The van der Waals surface area contributed by atoms with Crippen LogP contribution in [0.15, 0.2) is 54.6 Å². The quantitative estimate of drug-likeness (QED) is 0.835. The van der Waals surface area contributed by atoms with Crippen molar-refractivity contribution in [3.05, 3.63) is 65.7 Å². The molecular formula is C19H20O2. The fraction of sp³-hybridized carbons (Fsp3) is 0.316. The highest BCUT2D eigenvalue weighted by Crippen LogP contribution is 2.40. The van der Waals surface area contributed by atoms with Crippen LogP contribution < -0.4 is 4.74 Å². The number of fused-ring (bicyclic) bond motifs is 1. The van der Waals surface area contributed by atoms with Gasteiger partial charge in [-0.15, -0.1) is 0 Å². The van der Waals surface area contributed by atoms with Crippen LogP contribution in [-0.2, 0) is 16.8 Å². The molecule has 2 aromatic carbocycles. The van der Waals surface area contributed by atoms with E-state index in [0.717, 1.165) is 36.1 Å². The van der Waals surface area contributed by atoms with Crippen LogP contribution >= 0.6 is 0 Å². The number of rotatable bonds is 4. The van der Waals surface area contributed by atoms with Crippen LogP contribution in [0.5, 0.6) is 5.75 Å². The van der Waals surface area contributed by atoms with Crippen LogP contribution in [0.1, 0.15) is 37.3 Å². The summed E-state index contributed by atoms with van der Waals surface area (Å²) >= 11 is 0. The van der Waals surface area contributed by atoms with Crippen LogP contribution in [0.2, 0.25) is 0 Å². The monoisotopic (exact) mass is 280 g/mol. The van der Waals surface area contributed by atoms with E-state index in [1.165, 1.54) is 0 Å². The summed E-state index contributed by atoms with van der Waals surface area (Å²) in [6.07, 6.45) is 3.21. The highest BCUT2D eigenvalue weighted by atomic mass is 16.5. The number of hydrogen-bond acceptors (Lipinski definition) is 2. The summed E-state index contributed by atoms with van der Waals surface area (Å²) in [5.41, 5.74) is 1.15. The third-order valence-electron chi connectivity index (χ3n) is 4.18. The zero-order valence-corrected chi connectivity index (χ0v) is 12.3. The first-order valence-electron chi connectivity index (χ1n) is 7.62. The average Bonchev–Trinajstić information content (AvgIpc) is 2.54. The minimum Gasteiger partial charge on any atom is -0.474 e. The molecule has 2 nitrogen and oxygen atoms in total. The zero-order valence-electron chi connectivity index (χ0n) is 12.3. The standard InChI is InChI=1S/C19H20O2/c1-2-3-13-19(16-10-5-4-6-11-16)18(20)14-15-9-7-8-12-17(15)21-19/h4-12H,2-3,13-14H2,1H3. The fourth-order valence-electron chi connectivity index (χ4n) is 3.00. The van der Waals surface area contributed by atoms with E-state index in [4.69, 9.17) is 4.74 Å². The molecule has 0 N–H and O–H groups in total. The molecule has 3 rings (SSSR count). The van der Waals surface area contributed by atoms with E-state index in [1.54, 1.807) is 0 Å². The number of hydrogen-bond donors (Lipinski definition) is 0. The summed E-state index contributed by atoms with van der Waals surface area (Å²) in [5, 5.41) is 0. The van der Waals surface area contributed by atoms with Crippen LogP contribution in [0.25, 0.3) is 0 Å². The second-order valence-electron chi connectivity index (χ2n) is 5.61. The van der Waals surface area contributed by atoms with Gasteiger partial charge in [-0.25, -0.2) is 0 Å². The third kappa shape index (κ3) is 2.46. The first-order valence-corrected chi connectivity index (χ1v) is 7.62. The lowest BCUT2D eigenvalue weighted by molar-refractivity contribution is -0.137. The van der Waals surface area contributed by atoms with E-state index in [2.05, 4.69) is 6.92 Å². The van der Waals surface area contributed by atoms with Crippen molar-refractivity contribution < 1.29 is 9.53 Å². The molecule has 0 saturated heterocycles. The molecule has 21 heavy (non-hydrogen) atoms. The van der Waals surface area contributed by atoms with Crippen molar-refractivity contribution in [2.45, 2.75) is 38.2 Å². The molecule has 108 valence electrons. The molecule has 2 aromatic rings. The van der Waals surface area contributed by atoms with E-state index in [1.807, 2.05) is 54.6 Å². The predicted octanol–water partition coefficient (Wildman–Crippen LogP) is 4.28. The molecule has 0 saturated carbocycles. The Morgan fingerprint density at radius 3 is 2.52 bits per heavy atom. The van der Waals surface area contributed by atoms with Gasteiger partial charge in [0.25, 0.3) is 0 Å². The van der Waals surface area contributed by atoms with E-state index in [-0.39, 0.29) is 5.78 Å². The van der Waals surface area contributed by atoms with Crippen LogP contribution in [-0.4, -0.2) is 5.78 Å². The Bertz CT molecular complexity index is 633. The first kappa shape index (κ1) is 13.9. The highest BCUT2D eigenvalue weighted by molar-refractivity contribution is 5.92. The normalized spacial score (nSPS) is 20.7. The van der Waals surface area contributed by atoms with Crippen molar-refractivity contribution in [2.75, 3.05) is 0 Å². The predicted molar refractivity (Wildman–Crippen MR) is 83.4 cm³/mol. The molecule has 0 aromatic heterocycles. The van der Waals surface area contributed by atoms with Gasteiger partial charge in [0.2, 0.25) is 0 Å². The van der Waals surface area contributed by atoms with Gasteiger partial charge in [0.15, 0.2) is 11.4 Å². The number of Topliss-reactive ketones (excluding diaryl/α,β-unsaturated/α-hetero) is 1. The average molecular weight is 280 g/mol. The van der Waals surface area contributed by atoms with E-state index >= 15 is 0 Å². The van der Waals surface area contributed by atoms with E-state index in [9.17, 15) is 4.79 Å². The Balaban J connectivity index is 2.06. The van der Waals surface area contributed by atoms with Crippen molar-refractivity contribution in [2.24, 2.45) is 0 Å². The van der Waals surface area contributed by atoms with E-state index in [0.29, 0.717) is 6.42 Å². The maximum Gasteiger partial charge on any atom is 0.192 e. The van der Waals surface area contributed by atoms with Crippen molar-refractivity contribution >= 4 is 5.78 Å². The molecule has 0 bridgehead atoms. The molecule has 0 amide bonds. The lowest BCUT2D eigenvalue weighted by Crippen LogP contribution is -2.45. The largest absolute Gasteiger partial charge is 0.474 e. The summed E-state index contributed by atoms with van der Waals surface area (Å²) in [5.74, 6) is 1.01. The van der Waals surface area contributed by atoms with Crippen molar-refractivity contribution in [3.63, 3.8) is 0 Å². The number of para-hydroxylation sites is 1. The molecule has 1 atom stereocenters. The highest BCUT2D eigenvalue weighted by Gasteiger charge is 2.44. The summed E-state index contributed by atoms with van der Waals surface area (Å²) in [7, 11) is 0. The SMILES string of the molecule is CCCCC1(c2ccccc2)Oc2ccccc2CC1=O. The summed E-state index contributed by atoms with van der Waals surface area (Å²) < 4.78 is 6.27. The number of benzene rings is 2. The lowest BCUT2D eigenvalue weighted by Gasteiger charge is -2.38. The number of unbranched alkanes of at least 4 members (excludes halogenated alkanes) is 1. The number of carbonyl (C=O) groups is 1. The Labute approximate surface area is 125 Å². The molecular weight excluding hydrogens is 260 g/mol. The molecule has 0 radical (unpaired) electrons. The number of ether oxygens (including phenoxy) is 1. The fourth-order valence-corrected chi connectivity index (χ4v) is 3.00. The van der Waals surface area contributed by atoms with Gasteiger partial charge in [-0.3, -0.25) is 4.79 Å². The minimum absolute atomic E-state index is 0.167. The van der Waals surface area contributed by atoms with Gasteiger partial charge in [0.1, 0.15) is 5.75 Å². The van der Waals surface area contributed by atoms with E-state index < -0.39 is 5.60 Å². The van der Waals surface area contributed by atoms with Gasteiger partial charge < -0.3 is 4.74 Å². The maximum absolute atomic E-state index is 12.9. The molecule has 1 aliphatic rings. The molecule has 2 heteroatoms. The number of ketones is 1. The zero-order chi connectivity index (χ0) is 14.7. The molecule has 1 unspecified atom stereocenters. The Kier molecular flexibility index (Phi) is 3.78. The van der Waals surface area contributed by atoms with Crippen molar-refractivity contribution in [3.8, 4) is 5.75 Å². The van der Waals surface area contributed by atoms with Gasteiger partial charge in [-0.1, -0.05) is 61.9 Å². The van der Waals surface area contributed by atoms with Gasteiger partial charge in [0, 0.05) is 17.5 Å². The van der Waals surface area contributed by atoms with Crippen LogP contribution in [0.4, 0.5) is 0 Å². The second-order valence-corrected chi connectivity index (χ2v) is 5.61. The van der Waals surface area contributed by atoms with Crippen molar-refractivity contribution in [1.82, 2.24) is 0 Å². The molecule has 1 heterocycles. The topological polar surface area (TPSA) is 26.3 Å². The Hall–Kier alpha value is -2.09. The van der Waals surface area contributed by atoms with Crippen LogP contribution in [0, 0.1) is 0 Å². The van der Waals surface area contributed by atoms with Crippen LogP contribution in [0.3, 0.4) is 0 Å². The molecule has 0 spiro atoms. The van der Waals surface area contributed by atoms with Gasteiger partial charge >= 0.3 is 0 Å². The lowest BCUT2D eigenvalue weighted by atomic mass is 9.80.